The predicted molar refractivity (Wildman–Crippen MR) is 313 cm³/mol. The second-order valence-corrected chi connectivity index (χ2v) is 24.0. The summed E-state index contributed by atoms with van der Waals surface area (Å²) in [5.41, 5.74) is 26.5. The maximum Gasteiger partial charge on any atom is 2.00 e. The first-order valence-electron chi connectivity index (χ1n) is 26.3. The van der Waals surface area contributed by atoms with Crippen molar-refractivity contribution in [3.05, 3.63) is 137 Å². The first kappa shape index (κ1) is 54.4. The fourth-order valence-electron chi connectivity index (χ4n) is 10.6. The summed E-state index contributed by atoms with van der Waals surface area (Å²) in [6.45, 7) is 41.9. The van der Waals surface area contributed by atoms with E-state index >= 15 is 0 Å². The van der Waals surface area contributed by atoms with Crippen molar-refractivity contribution in [2.24, 2.45) is 0 Å². The first-order chi connectivity index (χ1) is 33.1. The molecule has 3 aromatic carbocycles. The molecule has 0 saturated heterocycles. The normalized spacial score (nSPS) is 12.8. The van der Waals surface area contributed by atoms with Gasteiger partial charge in [0.25, 0.3) is 0 Å². The van der Waals surface area contributed by atoms with Crippen molar-refractivity contribution >= 4 is 69.0 Å². The van der Waals surface area contributed by atoms with E-state index < -0.39 is 0 Å². The van der Waals surface area contributed by atoms with Crippen LogP contribution in [0.1, 0.15) is 251 Å². The number of aromatic nitrogens is 4. The summed E-state index contributed by atoms with van der Waals surface area (Å²) in [6, 6.07) is 23.7. The summed E-state index contributed by atoms with van der Waals surface area (Å²) < 4.78 is 1.02. The number of nitrogens with zero attached hydrogens (tertiary/aromatic N) is 4. The van der Waals surface area contributed by atoms with E-state index in [1.54, 1.807) is 0 Å². The maximum atomic E-state index is 5.87. The summed E-state index contributed by atoms with van der Waals surface area (Å²) >= 11 is 2.48. The molecule has 2 aliphatic heterocycles. The molecule has 71 heavy (non-hydrogen) atoms. The van der Waals surface area contributed by atoms with Gasteiger partial charge >= 0.3 is 19.5 Å². The Balaban J connectivity index is 0.00000741. The summed E-state index contributed by atoms with van der Waals surface area (Å²) in [6.07, 6.45) is 8.93. The Hall–Kier alpha value is -4.39. The zero-order valence-corrected chi connectivity index (χ0v) is 51.3. The molecule has 3 aromatic heterocycles. The summed E-state index contributed by atoms with van der Waals surface area (Å²) in [5, 5.41) is 0. The third-order valence-corrected chi connectivity index (χ3v) is 15.8. The van der Waals surface area contributed by atoms with Crippen LogP contribution in [0, 0.1) is 3.57 Å². The fraction of sp³-hybridized carbons (Fsp3) is 0.415. The van der Waals surface area contributed by atoms with Gasteiger partial charge in [-0.15, -0.1) is 22.1 Å². The molecule has 0 aliphatic carbocycles. The fourth-order valence-corrected chi connectivity index (χ4v) is 11.2. The minimum atomic E-state index is 0. The molecule has 0 amide bonds. The number of halogens is 1. The largest absolute Gasteiger partial charge is 2.00 e. The van der Waals surface area contributed by atoms with Crippen LogP contribution in [0.15, 0.2) is 60.7 Å². The van der Waals surface area contributed by atoms with Gasteiger partial charge in [-0.05, 0) is 184 Å². The zero-order valence-electron chi connectivity index (χ0n) is 46.2. The van der Waals surface area contributed by atoms with Crippen LogP contribution in [0.3, 0.4) is 0 Å². The second-order valence-electron chi connectivity index (χ2n) is 22.9. The number of hydrogen-bond acceptors (Lipinski definition) is 2. The van der Waals surface area contributed by atoms with Gasteiger partial charge in [0.15, 0.2) is 0 Å². The van der Waals surface area contributed by atoms with Crippen LogP contribution < -0.4 is 9.97 Å². The van der Waals surface area contributed by atoms with Gasteiger partial charge in [0.2, 0.25) is 0 Å². The van der Waals surface area contributed by atoms with Gasteiger partial charge in [0.05, 0.1) is 22.8 Å². The SMILES string of the molecule is CC(C)c1cc(C(C)C)c(-c2c3nc(c(-c4c(C(C)C)cc(C(C)C)cc4C(C)C)c4ccc([n-]4)c(-c4c(C(C)C)cc(C(C)C)cc4C(C)C)c4nc(c(I)c5ccc2[n-]5)C=C4)C=C3)c(C(C)C)c1.[Zn+2]. The minimum absolute atomic E-state index is 0. The van der Waals surface area contributed by atoms with Crippen molar-refractivity contribution in [2.75, 3.05) is 0 Å². The third-order valence-electron chi connectivity index (χ3n) is 14.7. The van der Waals surface area contributed by atoms with Crippen molar-refractivity contribution in [3.8, 4) is 33.4 Å². The quantitative estimate of drug-likeness (QED) is 0.0904. The Bertz CT molecular complexity index is 3060. The Morgan fingerprint density at radius 3 is 0.789 bits per heavy atom. The van der Waals surface area contributed by atoms with Crippen LogP contribution in [-0.4, -0.2) is 9.97 Å². The van der Waals surface area contributed by atoms with E-state index in [0.717, 1.165) is 65.1 Å². The number of fused-ring (bicyclic) bond motifs is 8. The molecule has 0 saturated carbocycles. The molecule has 0 fully saturated rings. The van der Waals surface area contributed by atoms with Gasteiger partial charge < -0.3 is 9.97 Å². The van der Waals surface area contributed by atoms with Gasteiger partial charge in [0, 0.05) is 3.57 Å². The number of rotatable bonds is 12. The van der Waals surface area contributed by atoms with E-state index in [1.165, 1.54) is 66.8 Å². The molecule has 4 nitrogen and oxygen atoms in total. The van der Waals surface area contributed by atoms with Crippen molar-refractivity contribution in [2.45, 2.75) is 178 Å². The first-order valence-corrected chi connectivity index (χ1v) is 27.4. The van der Waals surface area contributed by atoms with E-state index in [4.69, 9.17) is 19.9 Å². The van der Waals surface area contributed by atoms with Crippen LogP contribution in [0.4, 0.5) is 0 Å². The molecule has 6 heteroatoms. The molecule has 0 radical (unpaired) electrons. The molecule has 0 unspecified atom stereocenters. The Morgan fingerprint density at radius 2 is 0.535 bits per heavy atom. The maximum absolute atomic E-state index is 5.87. The van der Waals surface area contributed by atoms with Gasteiger partial charge in [-0.1, -0.05) is 185 Å². The molecule has 0 N–H and O–H groups in total. The van der Waals surface area contributed by atoms with Crippen molar-refractivity contribution in [3.63, 3.8) is 0 Å². The van der Waals surface area contributed by atoms with Crippen LogP contribution in [-0.2, 0) is 19.5 Å². The van der Waals surface area contributed by atoms with Crippen LogP contribution in [0.5, 0.6) is 0 Å². The topological polar surface area (TPSA) is 54.0 Å². The number of benzene rings is 3. The minimum Gasteiger partial charge on any atom is -0.657 e. The molecular formula is C65H77IN4Zn. The van der Waals surface area contributed by atoms with E-state index in [-0.39, 0.29) is 55.0 Å². The van der Waals surface area contributed by atoms with Crippen LogP contribution in [0.25, 0.3) is 79.8 Å². The molecule has 366 valence electrons. The Morgan fingerprint density at radius 1 is 0.310 bits per heavy atom. The molecule has 5 heterocycles. The van der Waals surface area contributed by atoms with Crippen LogP contribution in [0.2, 0.25) is 0 Å². The molecule has 0 atom stereocenters. The van der Waals surface area contributed by atoms with E-state index in [1.807, 2.05) is 0 Å². The van der Waals surface area contributed by atoms with Crippen molar-refractivity contribution in [1.82, 2.24) is 19.9 Å². The number of hydrogen-bond donors (Lipinski definition) is 0. The average molecular weight is 1110 g/mol. The van der Waals surface area contributed by atoms with Gasteiger partial charge in [-0.3, -0.25) is 0 Å². The van der Waals surface area contributed by atoms with Gasteiger partial charge in [0.1, 0.15) is 0 Å². The molecule has 6 aromatic rings. The summed E-state index contributed by atoms with van der Waals surface area (Å²) in [7, 11) is 0. The summed E-state index contributed by atoms with van der Waals surface area (Å²) in [4.78, 5) is 22.9. The van der Waals surface area contributed by atoms with Gasteiger partial charge in [-0.2, -0.15) is 0 Å². The molecule has 8 bridgehead atoms. The molecule has 2 aliphatic rings. The van der Waals surface area contributed by atoms with E-state index in [9.17, 15) is 0 Å². The van der Waals surface area contributed by atoms with Crippen LogP contribution >= 0.6 is 22.6 Å². The second kappa shape index (κ2) is 21.6. The standard InChI is InChI=1S/C65H77IN4.Zn/c1-33(2)42-27-45(36(7)8)59(46(28-42)37(9)10)62-51-19-21-53(67-51)63(60-47(38(11)12)29-43(34(3)4)30-48(60)39(13)14)55-23-25-57(69-55)65(66)58-26-24-56(70-58)64(54-22-20-52(62)68-54)61-49(40(15)16)31-44(35(5)6)32-50(61)41(17)18;/h19-41H,1-18H3;/q-2;+2. The monoisotopic (exact) mass is 1100 g/mol. The van der Waals surface area contributed by atoms with E-state index in [2.05, 4.69) is 232 Å². The summed E-state index contributed by atoms with van der Waals surface area (Å²) in [5.74, 6) is 2.79. The average Bonchev–Trinajstić information content (AvgIpc) is 4.15. The Labute approximate surface area is 453 Å². The molecule has 0 spiro atoms. The smallest absolute Gasteiger partial charge is 0.657 e. The Kier molecular flexibility index (Phi) is 16.5. The van der Waals surface area contributed by atoms with E-state index in [0.29, 0.717) is 17.8 Å². The molecular weight excluding hydrogens is 1030 g/mol. The van der Waals surface area contributed by atoms with Gasteiger partial charge in [-0.25, -0.2) is 9.97 Å². The predicted octanol–water partition coefficient (Wildman–Crippen LogP) is 19.6. The van der Waals surface area contributed by atoms with Crippen molar-refractivity contribution in [1.29, 1.82) is 0 Å². The zero-order chi connectivity index (χ0) is 50.8. The third kappa shape index (κ3) is 10.4. The molecule has 8 rings (SSSR count). The van der Waals surface area contributed by atoms with Crippen molar-refractivity contribution < 1.29 is 19.5 Å².